The van der Waals surface area contributed by atoms with Gasteiger partial charge in [0.1, 0.15) is 12.7 Å². The van der Waals surface area contributed by atoms with E-state index in [1.165, 1.54) is 19.2 Å². The third-order valence-electron chi connectivity index (χ3n) is 3.74. The van der Waals surface area contributed by atoms with Gasteiger partial charge in [0.2, 0.25) is 0 Å². The van der Waals surface area contributed by atoms with Crippen LogP contribution in [0.15, 0.2) is 36.9 Å². The van der Waals surface area contributed by atoms with Gasteiger partial charge >= 0.3 is 0 Å². The summed E-state index contributed by atoms with van der Waals surface area (Å²) in [5.74, 6) is 0.490. The second-order valence-electron chi connectivity index (χ2n) is 5.31. The topological polar surface area (TPSA) is 71.8 Å². The molecule has 1 fully saturated rings. The van der Waals surface area contributed by atoms with E-state index in [0.29, 0.717) is 11.5 Å². The maximum atomic E-state index is 12.2. The summed E-state index contributed by atoms with van der Waals surface area (Å²) in [6.45, 7) is 2.79. The molecule has 2 N–H and O–H groups in total. The van der Waals surface area contributed by atoms with E-state index in [0.717, 1.165) is 25.3 Å². The number of rotatable bonds is 4. The molecule has 0 radical (unpaired) electrons. The Labute approximate surface area is 147 Å². The average molecular weight is 358 g/mol. The molecule has 2 aromatic rings. The molecule has 23 heavy (non-hydrogen) atoms. The van der Waals surface area contributed by atoms with Crippen LogP contribution in [0.1, 0.15) is 23.2 Å². The Morgan fingerprint density at radius 3 is 2.96 bits per heavy atom. The molecule has 8 heteroatoms. The lowest BCUT2D eigenvalue weighted by Gasteiger charge is -2.22. The molecule has 1 unspecified atom stereocenters. The van der Waals surface area contributed by atoms with E-state index < -0.39 is 0 Å². The highest BCUT2D eigenvalue weighted by atomic mass is 35.5. The standard InChI is InChI=1S/C15H19N5O.2ClH/c21-15(18-9-12-3-2-6-16-8-12)13-4-1-5-14(7-13)20-11-17-10-19-20;;/h1,4-5,7,10-12,16H,2-3,6,8-9H2,(H,18,21);2*1H. The molecule has 1 aliphatic rings. The Bertz CT molecular complexity index is 600. The number of nitrogens with zero attached hydrogens (tertiary/aromatic N) is 3. The minimum atomic E-state index is -0.0393. The van der Waals surface area contributed by atoms with E-state index in [2.05, 4.69) is 20.7 Å². The van der Waals surface area contributed by atoms with Gasteiger partial charge in [0.05, 0.1) is 5.69 Å². The van der Waals surface area contributed by atoms with Crippen LogP contribution in [0.3, 0.4) is 0 Å². The largest absolute Gasteiger partial charge is 0.352 e. The van der Waals surface area contributed by atoms with Gasteiger partial charge in [0.15, 0.2) is 0 Å². The van der Waals surface area contributed by atoms with Gasteiger partial charge < -0.3 is 10.6 Å². The fourth-order valence-electron chi connectivity index (χ4n) is 2.57. The number of amides is 1. The monoisotopic (exact) mass is 357 g/mol. The summed E-state index contributed by atoms with van der Waals surface area (Å²) < 4.78 is 1.64. The molecule has 6 nitrogen and oxygen atoms in total. The molecule has 1 saturated heterocycles. The lowest BCUT2D eigenvalue weighted by molar-refractivity contribution is 0.0945. The Hall–Kier alpha value is -1.63. The number of hydrogen-bond acceptors (Lipinski definition) is 4. The summed E-state index contributed by atoms with van der Waals surface area (Å²) in [5.41, 5.74) is 1.48. The van der Waals surface area contributed by atoms with Crippen molar-refractivity contribution in [1.29, 1.82) is 0 Å². The Kier molecular flexibility index (Phi) is 8.02. The normalized spacial score (nSPS) is 16.8. The molecule has 1 aromatic heterocycles. The molecule has 3 rings (SSSR count). The first-order valence-corrected chi connectivity index (χ1v) is 7.27. The highest BCUT2D eigenvalue weighted by molar-refractivity contribution is 5.94. The minimum absolute atomic E-state index is 0. The van der Waals surface area contributed by atoms with Crippen LogP contribution >= 0.6 is 24.8 Å². The number of benzene rings is 1. The van der Waals surface area contributed by atoms with Crippen molar-refractivity contribution >= 4 is 30.7 Å². The summed E-state index contributed by atoms with van der Waals surface area (Å²) in [6, 6.07) is 7.39. The van der Waals surface area contributed by atoms with Crippen molar-refractivity contribution in [2.24, 2.45) is 5.92 Å². The highest BCUT2D eigenvalue weighted by Gasteiger charge is 2.14. The van der Waals surface area contributed by atoms with Gasteiger partial charge in [-0.05, 0) is 50.0 Å². The zero-order valence-corrected chi connectivity index (χ0v) is 14.3. The van der Waals surface area contributed by atoms with Gasteiger partial charge in [-0.3, -0.25) is 4.79 Å². The smallest absolute Gasteiger partial charge is 0.251 e. The minimum Gasteiger partial charge on any atom is -0.352 e. The van der Waals surface area contributed by atoms with Gasteiger partial charge in [-0.25, -0.2) is 9.67 Å². The zero-order valence-electron chi connectivity index (χ0n) is 12.6. The summed E-state index contributed by atoms with van der Waals surface area (Å²) in [7, 11) is 0. The van der Waals surface area contributed by atoms with Gasteiger partial charge in [0.25, 0.3) is 5.91 Å². The van der Waals surface area contributed by atoms with E-state index in [9.17, 15) is 4.79 Å². The third-order valence-corrected chi connectivity index (χ3v) is 3.74. The quantitative estimate of drug-likeness (QED) is 0.875. The maximum absolute atomic E-state index is 12.2. The van der Waals surface area contributed by atoms with Crippen molar-refractivity contribution in [1.82, 2.24) is 25.4 Å². The van der Waals surface area contributed by atoms with Gasteiger partial charge in [0, 0.05) is 12.1 Å². The van der Waals surface area contributed by atoms with Crippen LogP contribution in [-0.2, 0) is 0 Å². The molecule has 126 valence electrons. The van der Waals surface area contributed by atoms with E-state index in [4.69, 9.17) is 0 Å². The van der Waals surface area contributed by atoms with Crippen LogP contribution < -0.4 is 10.6 Å². The fraction of sp³-hybridized carbons (Fsp3) is 0.400. The van der Waals surface area contributed by atoms with Crippen molar-refractivity contribution < 1.29 is 4.79 Å². The van der Waals surface area contributed by atoms with E-state index in [1.54, 1.807) is 11.0 Å². The maximum Gasteiger partial charge on any atom is 0.251 e. The van der Waals surface area contributed by atoms with E-state index in [-0.39, 0.29) is 30.7 Å². The van der Waals surface area contributed by atoms with Crippen molar-refractivity contribution in [3.63, 3.8) is 0 Å². The van der Waals surface area contributed by atoms with Crippen molar-refractivity contribution in [2.45, 2.75) is 12.8 Å². The van der Waals surface area contributed by atoms with Crippen molar-refractivity contribution in [3.05, 3.63) is 42.5 Å². The number of aromatic nitrogens is 3. The summed E-state index contributed by atoms with van der Waals surface area (Å²) >= 11 is 0. The zero-order chi connectivity index (χ0) is 14.5. The van der Waals surface area contributed by atoms with Crippen molar-refractivity contribution in [2.75, 3.05) is 19.6 Å². The molecule has 1 aromatic carbocycles. The van der Waals surface area contributed by atoms with Crippen LogP contribution in [0.4, 0.5) is 0 Å². The number of carbonyl (C=O) groups excluding carboxylic acids is 1. The van der Waals surface area contributed by atoms with Gasteiger partial charge in [-0.15, -0.1) is 24.8 Å². The molecule has 1 atom stereocenters. The molecule has 0 saturated carbocycles. The lowest BCUT2D eigenvalue weighted by atomic mass is 9.99. The van der Waals surface area contributed by atoms with Crippen LogP contribution in [0.25, 0.3) is 5.69 Å². The molecule has 1 amide bonds. The van der Waals surface area contributed by atoms with Crippen molar-refractivity contribution in [3.8, 4) is 5.69 Å². The molecule has 0 aliphatic carbocycles. The van der Waals surface area contributed by atoms with E-state index in [1.807, 2.05) is 24.3 Å². The Morgan fingerprint density at radius 2 is 2.26 bits per heavy atom. The number of hydrogen-bond donors (Lipinski definition) is 2. The molecular formula is C15H21Cl2N5O. The second kappa shape index (κ2) is 9.50. The van der Waals surface area contributed by atoms with Crippen LogP contribution in [-0.4, -0.2) is 40.3 Å². The number of piperidine rings is 1. The van der Waals surface area contributed by atoms with E-state index >= 15 is 0 Å². The molecule has 0 spiro atoms. The SMILES string of the molecule is Cl.Cl.O=C(NCC1CCCNC1)c1cccc(-n2cncn2)c1. The van der Waals surface area contributed by atoms with Crippen LogP contribution in [0.2, 0.25) is 0 Å². The first-order chi connectivity index (χ1) is 10.3. The molecule has 2 heterocycles. The third kappa shape index (κ3) is 5.20. The Morgan fingerprint density at radius 1 is 1.39 bits per heavy atom. The number of halogens is 2. The summed E-state index contributed by atoms with van der Waals surface area (Å²) in [4.78, 5) is 16.1. The predicted octanol–water partition coefficient (Wildman–Crippen LogP) is 1.84. The summed E-state index contributed by atoms with van der Waals surface area (Å²) in [6.07, 6.45) is 5.45. The number of nitrogens with one attached hydrogen (secondary N) is 2. The lowest BCUT2D eigenvalue weighted by Crippen LogP contribution is -2.38. The predicted molar refractivity (Wildman–Crippen MR) is 93.8 cm³/mol. The fourth-order valence-corrected chi connectivity index (χ4v) is 2.57. The van der Waals surface area contributed by atoms with Crippen LogP contribution in [0, 0.1) is 5.92 Å². The van der Waals surface area contributed by atoms with Gasteiger partial charge in [-0.2, -0.15) is 5.10 Å². The second-order valence-corrected chi connectivity index (χ2v) is 5.31. The average Bonchev–Trinajstić information content (AvgIpc) is 3.08. The molecule has 0 bridgehead atoms. The Balaban J connectivity index is 0.00000132. The molecular weight excluding hydrogens is 337 g/mol. The first kappa shape index (κ1) is 19.4. The first-order valence-electron chi connectivity index (χ1n) is 7.27. The highest BCUT2D eigenvalue weighted by Crippen LogP contribution is 2.11. The van der Waals surface area contributed by atoms with Gasteiger partial charge in [-0.1, -0.05) is 6.07 Å². The number of carbonyl (C=O) groups is 1. The summed E-state index contributed by atoms with van der Waals surface area (Å²) in [5, 5.41) is 10.4. The molecule has 1 aliphatic heterocycles. The van der Waals surface area contributed by atoms with Crippen LogP contribution in [0.5, 0.6) is 0 Å².